The minimum Gasteiger partial charge on any atom is -0.377 e. The number of ether oxygens (including phenoxy) is 1. The summed E-state index contributed by atoms with van der Waals surface area (Å²) in [6, 6.07) is 6.07. The van der Waals surface area contributed by atoms with Gasteiger partial charge >= 0.3 is 0 Å². The fraction of sp³-hybridized carbons (Fsp3) is 0.474. The van der Waals surface area contributed by atoms with Gasteiger partial charge in [0.25, 0.3) is 5.91 Å². The van der Waals surface area contributed by atoms with Crippen LogP contribution in [0.2, 0.25) is 0 Å². The number of hydrogen-bond donors (Lipinski definition) is 3. The average Bonchev–Trinajstić information content (AvgIpc) is 3.12. The maximum atomic E-state index is 13.6. The number of amides is 1. The molecule has 164 valence electrons. The summed E-state index contributed by atoms with van der Waals surface area (Å²) in [7, 11) is 3.31. The van der Waals surface area contributed by atoms with Crippen molar-refractivity contribution in [1.29, 1.82) is 0 Å². The average molecular weight is 531 g/mol. The summed E-state index contributed by atoms with van der Waals surface area (Å²) < 4.78 is 20.6. The van der Waals surface area contributed by atoms with Crippen molar-refractivity contribution < 1.29 is 13.9 Å². The number of benzene rings is 1. The zero-order valence-corrected chi connectivity index (χ0v) is 19.4. The van der Waals surface area contributed by atoms with Crippen molar-refractivity contribution in [1.82, 2.24) is 30.7 Å². The number of aromatic nitrogens is 3. The smallest absolute Gasteiger partial charge is 0.254 e. The second kappa shape index (κ2) is 11.8. The first-order valence-corrected chi connectivity index (χ1v) is 9.52. The molecule has 0 saturated heterocycles. The van der Waals surface area contributed by atoms with Gasteiger partial charge in [0.2, 0.25) is 0 Å². The molecule has 0 fully saturated rings. The third-order valence-electron chi connectivity index (χ3n) is 4.56. The third kappa shape index (κ3) is 6.36. The molecule has 0 saturated carbocycles. The number of nitrogens with zero attached hydrogens (tertiary/aromatic N) is 4. The van der Waals surface area contributed by atoms with E-state index in [-0.39, 0.29) is 35.6 Å². The summed E-state index contributed by atoms with van der Waals surface area (Å²) in [6.45, 7) is 1.89. The molecule has 1 aliphatic heterocycles. The lowest BCUT2D eigenvalue weighted by molar-refractivity contribution is 0.0950. The van der Waals surface area contributed by atoms with E-state index in [0.29, 0.717) is 38.0 Å². The second-order valence-electron chi connectivity index (χ2n) is 6.67. The number of fused-ring (bicyclic) bond motifs is 1. The van der Waals surface area contributed by atoms with Gasteiger partial charge in [-0.15, -0.1) is 24.0 Å². The number of carbonyl (C=O) groups excluding carboxylic acids is 1. The van der Waals surface area contributed by atoms with Crippen LogP contribution in [0.3, 0.4) is 0 Å². The molecule has 1 atom stereocenters. The van der Waals surface area contributed by atoms with Crippen LogP contribution in [0.1, 0.15) is 28.4 Å². The Hall–Kier alpha value is -2.28. The van der Waals surface area contributed by atoms with Crippen molar-refractivity contribution in [2.24, 2.45) is 4.99 Å². The first kappa shape index (κ1) is 24.0. The first-order chi connectivity index (χ1) is 14.1. The van der Waals surface area contributed by atoms with Gasteiger partial charge in [0.1, 0.15) is 18.2 Å². The predicted octanol–water partition coefficient (Wildman–Crippen LogP) is 1.09. The third-order valence-corrected chi connectivity index (χ3v) is 4.56. The molecular formula is C19H27FIN7O2. The molecule has 30 heavy (non-hydrogen) atoms. The first-order valence-electron chi connectivity index (χ1n) is 9.52. The summed E-state index contributed by atoms with van der Waals surface area (Å²) in [5.74, 6) is 1.32. The maximum Gasteiger partial charge on any atom is 0.254 e. The molecule has 1 unspecified atom stereocenters. The standard InChI is InChI=1S/C19H26FN7O2.HI/c1-21-19(23-10-9-22-18(28)14-5-3-4-6-15(14)20)24-13-7-8-17-25-16(12-29-2)26-27(17)11-13;/h3-6,13H,7-12H2,1-2H3,(H,22,28)(H2,21,23,24);1H. The summed E-state index contributed by atoms with van der Waals surface area (Å²) in [5.41, 5.74) is 0.0358. The van der Waals surface area contributed by atoms with Gasteiger partial charge in [-0.05, 0) is 18.6 Å². The van der Waals surface area contributed by atoms with E-state index >= 15 is 0 Å². The highest BCUT2D eigenvalue weighted by atomic mass is 127. The Morgan fingerprint density at radius 3 is 2.83 bits per heavy atom. The summed E-state index contributed by atoms with van der Waals surface area (Å²) in [5, 5.41) is 13.7. The number of halogens is 2. The van der Waals surface area contributed by atoms with Crippen molar-refractivity contribution in [2.75, 3.05) is 27.2 Å². The molecule has 2 aromatic rings. The SMILES string of the molecule is CN=C(NCCNC(=O)c1ccccc1F)NC1CCc2nc(COC)nn2C1.I. The van der Waals surface area contributed by atoms with E-state index in [9.17, 15) is 9.18 Å². The second-order valence-corrected chi connectivity index (χ2v) is 6.67. The largest absolute Gasteiger partial charge is 0.377 e. The van der Waals surface area contributed by atoms with Crippen molar-refractivity contribution in [3.8, 4) is 0 Å². The number of carbonyl (C=O) groups is 1. The van der Waals surface area contributed by atoms with Crippen LogP contribution in [0.5, 0.6) is 0 Å². The van der Waals surface area contributed by atoms with E-state index in [1.54, 1.807) is 26.3 Å². The number of aryl methyl sites for hydroxylation is 1. The van der Waals surface area contributed by atoms with E-state index < -0.39 is 11.7 Å². The minimum absolute atomic E-state index is 0. The lowest BCUT2D eigenvalue weighted by Gasteiger charge is -2.25. The minimum atomic E-state index is -0.533. The van der Waals surface area contributed by atoms with Crippen LogP contribution in [0, 0.1) is 5.82 Å². The molecule has 3 N–H and O–H groups in total. The van der Waals surface area contributed by atoms with Crippen LogP contribution in [0.15, 0.2) is 29.3 Å². The van der Waals surface area contributed by atoms with Gasteiger partial charge in [-0.2, -0.15) is 5.10 Å². The Labute approximate surface area is 191 Å². The van der Waals surface area contributed by atoms with Crippen LogP contribution in [0.4, 0.5) is 4.39 Å². The lowest BCUT2D eigenvalue weighted by Crippen LogP contribution is -2.48. The summed E-state index contributed by atoms with van der Waals surface area (Å²) in [6.07, 6.45) is 1.74. The Balaban J connectivity index is 0.00000320. The number of aliphatic imine (C=N–C) groups is 1. The molecule has 0 spiro atoms. The molecule has 0 bridgehead atoms. The van der Waals surface area contributed by atoms with Gasteiger partial charge in [-0.1, -0.05) is 12.1 Å². The van der Waals surface area contributed by atoms with E-state index in [2.05, 4.69) is 31.0 Å². The normalized spacial score (nSPS) is 15.7. The molecule has 2 heterocycles. The Morgan fingerprint density at radius 2 is 2.10 bits per heavy atom. The summed E-state index contributed by atoms with van der Waals surface area (Å²) in [4.78, 5) is 20.7. The highest BCUT2D eigenvalue weighted by Crippen LogP contribution is 2.13. The fourth-order valence-corrected chi connectivity index (χ4v) is 3.15. The summed E-state index contributed by atoms with van der Waals surface area (Å²) >= 11 is 0. The topological polar surface area (TPSA) is 105 Å². The Kier molecular flexibility index (Phi) is 9.43. The van der Waals surface area contributed by atoms with Crippen LogP contribution < -0.4 is 16.0 Å². The van der Waals surface area contributed by atoms with E-state index in [1.807, 2.05) is 4.68 Å². The predicted molar refractivity (Wildman–Crippen MR) is 121 cm³/mol. The van der Waals surface area contributed by atoms with Crippen LogP contribution >= 0.6 is 24.0 Å². The molecule has 11 heteroatoms. The van der Waals surface area contributed by atoms with Gasteiger partial charge < -0.3 is 20.7 Å². The highest BCUT2D eigenvalue weighted by molar-refractivity contribution is 14.0. The van der Waals surface area contributed by atoms with E-state index in [0.717, 1.165) is 18.7 Å². The number of rotatable bonds is 7. The van der Waals surface area contributed by atoms with Crippen LogP contribution in [0.25, 0.3) is 0 Å². The molecule has 0 aliphatic carbocycles. The number of methoxy groups -OCH3 is 1. The van der Waals surface area contributed by atoms with Gasteiger partial charge in [-0.25, -0.2) is 14.1 Å². The Morgan fingerprint density at radius 1 is 1.33 bits per heavy atom. The number of guanidine groups is 1. The van der Waals surface area contributed by atoms with Gasteiger partial charge in [0.15, 0.2) is 11.8 Å². The molecule has 3 rings (SSSR count). The molecule has 1 aromatic heterocycles. The quantitative estimate of drug-likeness (QED) is 0.214. The maximum absolute atomic E-state index is 13.6. The van der Waals surface area contributed by atoms with E-state index in [1.165, 1.54) is 12.1 Å². The van der Waals surface area contributed by atoms with Gasteiger partial charge in [0, 0.05) is 39.7 Å². The van der Waals surface area contributed by atoms with Gasteiger partial charge in [0.05, 0.1) is 12.1 Å². The monoisotopic (exact) mass is 531 g/mol. The lowest BCUT2D eigenvalue weighted by atomic mass is 10.1. The number of hydrogen-bond acceptors (Lipinski definition) is 5. The fourth-order valence-electron chi connectivity index (χ4n) is 3.15. The van der Waals surface area contributed by atoms with Crippen molar-refractivity contribution in [3.63, 3.8) is 0 Å². The molecule has 0 radical (unpaired) electrons. The van der Waals surface area contributed by atoms with Crippen molar-refractivity contribution >= 4 is 35.8 Å². The van der Waals surface area contributed by atoms with Crippen LogP contribution in [-0.2, 0) is 24.3 Å². The van der Waals surface area contributed by atoms with Crippen LogP contribution in [-0.4, -0.2) is 59.9 Å². The molecule has 1 aromatic carbocycles. The highest BCUT2D eigenvalue weighted by Gasteiger charge is 2.22. The van der Waals surface area contributed by atoms with E-state index in [4.69, 9.17) is 4.74 Å². The zero-order chi connectivity index (χ0) is 20.6. The zero-order valence-electron chi connectivity index (χ0n) is 17.0. The van der Waals surface area contributed by atoms with Crippen molar-refractivity contribution in [2.45, 2.75) is 32.0 Å². The molecular weight excluding hydrogens is 504 g/mol. The van der Waals surface area contributed by atoms with Crippen molar-refractivity contribution in [3.05, 3.63) is 47.3 Å². The van der Waals surface area contributed by atoms with Gasteiger partial charge in [-0.3, -0.25) is 9.79 Å². The molecule has 9 nitrogen and oxygen atoms in total. The molecule has 1 aliphatic rings. The number of nitrogens with one attached hydrogen (secondary N) is 3. The molecule has 1 amide bonds. The Bertz CT molecular complexity index is 874.